The predicted molar refractivity (Wildman–Crippen MR) is 77.9 cm³/mol. The molecule has 0 fully saturated rings. The Labute approximate surface area is 115 Å². The second kappa shape index (κ2) is 6.03. The van der Waals surface area contributed by atoms with Gasteiger partial charge in [0.1, 0.15) is 9.84 Å². The molecule has 0 aliphatic carbocycles. The molecule has 4 nitrogen and oxygen atoms in total. The number of hydrogen-bond donors (Lipinski definition) is 1. The lowest BCUT2D eigenvalue weighted by Crippen LogP contribution is -2.26. The highest BCUT2D eigenvalue weighted by Gasteiger charge is 2.10. The Morgan fingerprint density at radius 2 is 2.11 bits per heavy atom. The van der Waals surface area contributed by atoms with E-state index in [1.54, 1.807) is 0 Å². The quantitative estimate of drug-likeness (QED) is 0.868. The summed E-state index contributed by atoms with van der Waals surface area (Å²) < 4.78 is 22.3. The van der Waals surface area contributed by atoms with E-state index in [-0.39, 0.29) is 5.75 Å². The topological polar surface area (TPSA) is 49.4 Å². The van der Waals surface area contributed by atoms with Gasteiger partial charge in [0.25, 0.3) is 0 Å². The molecule has 1 aromatic rings. The second-order valence-electron chi connectivity index (χ2n) is 5.40. The first kappa shape index (κ1) is 14.5. The van der Waals surface area contributed by atoms with Gasteiger partial charge < -0.3 is 10.2 Å². The van der Waals surface area contributed by atoms with Gasteiger partial charge in [-0.25, -0.2) is 8.42 Å². The Morgan fingerprint density at radius 3 is 2.84 bits per heavy atom. The zero-order valence-corrected chi connectivity index (χ0v) is 12.5. The van der Waals surface area contributed by atoms with Gasteiger partial charge in [0.05, 0.1) is 5.75 Å². The molecule has 0 unspecified atom stereocenters. The smallest absolute Gasteiger partial charge is 0.148 e. The maximum absolute atomic E-state index is 11.1. The highest BCUT2D eigenvalue weighted by molar-refractivity contribution is 7.90. The minimum atomic E-state index is -2.88. The molecule has 0 bridgehead atoms. The molecule has 1 heterocycles. The fraction of sp³-hybridized carbons (Fsp3) is 0.571. The highest BCUT2D eigenvalue weighted by atomic mass is 32.2. The fourth-order valence-electron chi connectivity index (χ4n) is 2.34. The van der Waals surface area contributed by atoms with Gasteiger partial charge in [-0.15, -0.1) is 0 Å². The van der Waals surface area contributed by atoms with Crippen LogP contribution in [0.1, 0.15) is 16.7 Å². The first-order valence-electron chi connectivity index (χ1n) is 6.62. The number of rotatable bonds is 5. The standard InChI is InChI=1S/C14H22N2O2S/c1-16(7-8-19(2,17)18)11-12-3-4-13-5-6-15-10-14(13)9-12/h3-4,9,15H,5-8,10-11H2,1-2H3. The average molecular weight is 282 g/mol. The molecule has 2 rings (SSSR count). The molecule has 106 valence electrons. The maximum atomic E-state index is 11.1. The van der Waals surface area contributed by atoms with E-state index < -0.39 is 9.84 Å². The molecule has 0 amide bonds. The van der Waals surface area contributed by atoms with Crippen LogP contribution < -0.4 is 5.32 Å². The minimum Gasteiger partial charge on any atom is -0.312 e. The van der Waals surface area contributed by atoms with Crippen molar-refractivity contribution >= 4 is 9.84 Å². The van der Waals surface area contributed by atoms with Crippen LogP contribution in [0.5, 0.6) is 0 Å². The second-order valence-corrected chi connectivity index (χ2v) is 7.66. The molecule has 0 saturated carbocycles. The van der Waals surface area contributed by atoms with Gasteiger partial charge in [0, 0.05) is 25.9 Å². The van der Waals surface area contributed by atoms with E-state index in [4.69, 9.17) is 0 Å². The van der Waals surface area contributed by atoms with Gasteiger partial charge in [-0.2, -0.15) is 0 Å². The summed E-state index contributed by atoms with van der Waals surface area (Å²) >= 11 is 0. The van der Waals surface area contributed by atoms with E-state index in [0.717, 1.165) is 26.1 Å². The van der Waals surface area contributed by atoms with Crippen molar-refractivity contribution in [1.29, 1.82) is 0 Å². The summed E-state index contributed by atoms with van der Waals surface area (Å²) in [5.41, 5.74) is 4.06. The monoisotopic (exact) mass is 282 g/mol. The van der Waals surface area contributed by atoms with E-state index in [1.807, 2.05) is 7.05 Å². The molecule has 0 radical (unpaired) electrons. The fourth-order valence-corrected chi connectivity index (χ4v) is 2.99. The molecule has 5 heteroatoms. The summed E-state index contributed by atoms with van der Waals surface area (Å²) in [6.45, 7) is 3.37. The van der Waals surface area contributed by atoms with Crippen LogP contribution in [0.4, 0.5) is 0 Å². The van der Waals surface area contributed by atoms with Crippen molar-refractivity contribution in [3.8, 4) is 0 Å². The SMILES string of the molecule is CN(CCS(C)(=O)=O)Cc1ccc2c(c1)CNCC2. The number of benzene rings is 1. The minimum absolute atomic E-state index is 0.218. The summed E-state index contributed by atoms with van der Waals surface area (Å²) in [7, 11) is -0.916. The van der Waals surface area contributed by atoms with Crippen LogP contribution in [-0.4, -0.2) is 45.5 Å². The average Bonchev–Trinajstić information content (AvgIpc) is 2.35. The zero-order valence-electron chi connectivity index (χ0n) is 11.6. The van der Waals surface area contributed by atoms with Crippen LogP contribution in [0.3, 0.4) is 0 Å². The molecule has 0 aromatic heterocycles. The molecular formula is C14H22N2O2S. The molecule has 0 saturated heterocycles. The summed E-state index contributed by atoms with van der Waals surface area (Å²) in [6, 6.07) is 6.59. The normalized spacial score (nSPS) is 15.5. The van der Waals surface area contributed by atoms with E-state index in [2.05, 4.69) is 28.4 Å². The third-order valence-electron chi connectivity index (χ3n) is 3.45. The van der Waals surface area contributed by atoms with Crippen molar-refractivity contribution < 1.29 is 8.42 Å². The lowest BCUT2D eigenvalue weighted by atomic mass is 9.98. The predicted octanol–water partition coefficient (Wildman–Crippen LogP) is 0.809. The van der Waals surface area contributed by atoms with Crippen molar-refractivity contribution in [2.24, 2.45) is 0 Å². The van der Waals surface area contributed by atoms with E-state index >= 15 is 0 Å². The zero-order chi connectivity index (χ0) is 13.9. The van der Waals surface area contributed by atoms with Crippen molar-refractivity contribution in [2.45, 2.75) is 19.5 Å². The van der Waals surface area contributed by atoms with Crippen molar-refractivity contribution in [3.05, 3.63) is 34.9 Å². The van der Waals surface area contributed by atoms with Gasteiger partial charge >= 0.3 is 0 Å². The molecule has 1 aromatic carbocycles. The number of fused-ring (bicyclic) bond motifs is 1. The maximum Gasteiger partial charge on any atom is 0.148 e. The lowest BCUT2D eigenvalue weighted by molar-refractivity contribution is 0.346. The Hall–Kier alpha value is -0.910. The summed E-state index contributed by atoms with van der Waals surface area (Å²) in [5.74, 6) is 0.218. The Kier molecular flexibility index (Phi) is 4.60. The summed E-state index contributed by atoms with van der Waals surface area (Å²) in [5, 5.41) is 3.37. The Morgan fingerprint density at radius 1 is 1.32 bits per heavy atom. The summed E-state index contributed by atoms with van der Waals surface area (Å²) in [4.78, 5) is 2.05. The first-order valence-corrected chi connectivity index (χ1v) is 8.68. The molecule has 0 atom stereocenters. The number of sulfone groups is 1. The highest BCUT2D eigenvalue weighted by Crippen LogP contribution is 2.16. The van der Waals surface area contributed by atoms with E-state index in [9.17, 15) is 8.42 Å². The molecule has 1 aliphatic rings. The summed E-state index contributed by atoms with van der Waals surface area (Å²) in [6.07, 6.45) is 2.38. The van der Waals surface area contributed by atoms with E-state index in [0.29, 0.717) is 6.54 Å². The first-order chi connectivity index (χ1) is 8.94. The van der Waals surface area contributed by atoms with Gasteiger partial charge in [0.15, 0.2) is 0 Å². The number of hydrogen-bond acceptors (Lipinski definition) is 4. The van der Waals surface area contributed by atoms with Crippen molar-refractivity contribution in [2.75, 3.05) is 32.1 Å². The Balaban J connectivity index is 1.95. The molecular weight excluding hydrogens is 260 g/mol. The number of nitrogens with one attached hydrogen (secondary N) is 1. The van der Waals surface area contributed by atoms with Gasteiger partial charge in [-0.1, -0.05) is 18.2 Å². The van der Waals surface area contributed by atoms with Crippen LogP contribution in [0, 0.1) is 0 Å². The molecule has 0 spiro atoms. The third kappa shape index (κ3) is 4.60. The van der Waals surface area contributed by atoms with Crippen LogP contribution in [-0.2, 0) is 29.3 Å². The van der Waals surface area contributed by atoms with Gasteiger partial charge in [0.2, 0.25) is 0 Å². The Bertz CT molecular complexity index is 540. The van der Waals surface area contributed by atoms with Crippen molar-refractivity contribution in [3.63, 3.8) is 0 Å². The van der Waals surface area contributed by atoms with Crippen LogP contribution in [0.25, 0.3) is 0 Å². The largest absolute Gasteiger partial charge is 0.312 e. The van der Waals surface area contributed by atoms with E-state index in [1.165, 1.54) is 22.9 Å². The molecule has 1 aliphatic heterocycles. The van der Waals surface area contributed by atoms with Gasteiger partial charge in [-0.05, 0) is 36.7 Å². The third-order valence-corrected chi connectivity index (χ3v) is 4.38. The van der Waals surface area contributed by atoms with Gasteiger partial charge in [-0.3, -0.25) is 0 Å². The van der Waals surface area contributed by atoms with Crippen LogP contribution in [0.2, 0.25) is 0 Å². The van der Waals surface area contributed by atoms with Crippen LogP contribution >= 0.6 is 0 Å². The lowest BCUT2D eigenvalue weighted by Gasteiger charge is -2.20. The number of nitrogens with zero attached hydrogens (tertiary/aromatic N) is 1. The van der Waals surface area contributed by atoms with Crippen LogP contribution in [0.15, 0.2) is 18.2 Å². The molecule has 19 heavy (non-hydrogen) atoms. The molecule has 1 N–H and O–H groups in total. The van der Waals surface area contributed by atoms with Crippen molar-refractivity contribution in [1.82, 2.24) is 10.2 Å².